The van der Waals surface area contributed by atoms with Gasteiger partial charge in [-0.3, -0.25) is 9.59 Å². The summed E-state index contributed by atoms with van der Waals surface area (Å²) in [4.78, 5) is 26.1. The molecule has 0 radical (unpaired) electrons. The molecule has 4 rings (SSSR count). The Morgan fingerprint density at radius 2 is 1.62 bits per heavy atom. The van der Waals surface area contributed by atoms with Gasteiger partial charge >= 0.3 is 5.97 Å². The molecule has 0 bridgehead atoms. The quantitative estimate of drug-likeness (QED) is 0.165. The molecule has 0 saturated heterocycles. The van der Waals surface area contributed by atoms with Crippen LogP contribution in [-0.4, -0.2) is 42.6 Å². The zero-order valence-electron chi connectivity index (χ0n) is 23.8. The third kappa shape index (κ3) is 7.77. The van der Waals surface area contributed by atoms with E-state index in [2.05, 4.69) is 32.3 Å². The van der Waals surface area contributed by atoms with Crippen LogP contribution in [0.15, 0.2) is 89.3 Å². The first-order chi connectivity index (χ1) is 19.1. The maximum absolute atomic E-state index is 13.4. The molecule has 0 aliphatic heterocycles. The number of methoxy groups -OCH3 is 1. The number of fused-ring (bicyclic) bond motifs is 1. The summed E-state index contributed by atoms with van der Waals surface area (Å²) in [6.45, 7) is 6.67. The molecule has 3 aromatic carbocycles. The Morgan fingerprint density at radius 1 is 0.950 bits per heavy atom. The van der Waals surface area contributed by atoms with Crippen molar-refractivity contribution >= 4 is 34.0 Å². The SMILES string of the molecule is COC(=O)[C@@H](Cc1ccccc1)C[C@@H](CO[S+](C)C(C)(C)C)NC(=O)c1ccc(-c2cc3ccccc3o2)cc1. The maximum atomic E-state index is 13.4. The number of hydrogen-bond acceptors (Lipinski definition) is 5. The first-order valence-electron chi connectivity index (χ1n) is 13.4. The van der Waals surface area contributed by atoms with Crippen molar-refractivity contribution in [1.29, 1.82) is 0 Å². The first kappa shape index (κ1) is 29.4. The highest BCUT2D eigenvalue weighted by atomic mass is 32.2. The van der Waals surface area contributed by atoms with Crippen molar-refractivity contribution in [2.45, 2.75) is 44.4 Å². The molecule has 6 nitrogen and oxygen atoms in total. The van der Waals surface area contributed by atoms with Crippen LogP contribution in [0.25, 0.3) is 22.3 Å². The summed E-state index contributed by atoms with van der Waals surface area (Å²) < 4.78 is 17.3. The summed E-state index contributed by atoms with van der Waals surface area (Å²) in [6.07, 6.45) is 2.96. The van der Waals surface area contributed by atoms with E-state index in [1.165, 1.54) is 7.11 Å². The van der Waals surface area contributed by atoms with Gasteiger partial charge in [0.05, 0.1) is 19.1 Å². The van der Waals surface area contributed by atoms with Crippen LogP contribution in [0.3, 0.4) is 0 Å². The van der Waals surface area contributed by atoms with E-state index in [9.17, 15) is 9.59 Å². The van der Waals surface area contributed by atoms with Crippen LogP contribution < -0.4 is 5.32 Å². The summed E-state index contributed by atoms with van der Waals surface area (Å²) >= 11 is -0.342. The van der Waals surface area contributed by atoms with E-state index >= 15 is 0 Å². The summed E-state index contributed by atoms with van der Waals surface area (Å²) in [5, 5.41) is 4.16. The smallest absolute Gasteiger partial charge is 0.309 e. The molecule has 1 heterocycles. The molecule has 0 saturated carbocycles. The highest BCUT2D eigenvalue weighted by molar-refractivity contribution is 7.93. The van der Waals surface area contributed by atoms with Crippen LogP contribution in [0.5, 0.6) is 0 Å². The first-order valence-corrected chi connectivity index (χ1v) is 15.0. The predicted molar refractivity (Wildman–Crippen MR) is 162 cm³/mol. The molecule has 210 valence electrons. The number of amides is 1. The number of nitrogens with one attached hydrogen (secondary N) is 1. The Balaban J connectivity index is 1.50. The number of hydrogen-bond donors (Lipinski definition) is 1. The van der Waals surface area contributed by atoms with Crippen LogP contribution in [0, 0.1) is 5.92 Å². The van der Waals surface area contributed by atoms with Gasteiger partial charge < -0.3 is 14.5 Å². The Bertz CT molecular complexity index is 1380. The van der Waals surface area contributed by atoms with Gasteiger partial charge in [0.15, 0.2) is 4.75 Å². The van der Waals surface area contributed by atoms with Gasteiger partial charge in [0.1, 0.15) is 35.4 Å². The van der Waals surface area contributed by atoms with Gasteiger partial charge in [-0.05, 0) is 63.4 Å². The van der Waals surface area contributed by atoms with Crippen LogP contribution in [0.2, 0.25) is 0 Å². The third-order valence-corrected chi connectivity index (χ3v) is 9.14. The molecule has 4 aromatic rings. The Kier molecular flexibility index (Phi) is 9.71. The standard InChI is InChI=1S/C33H37NO5S/c1-33(2,3)40(5)38-22-28(20-27(32(36)37-4)19-23-11-7-6-8-12-23)34-31(35)25-17-15-24(16-18-25)30-21-26-13-9-10-14-29(26)39-30/h6-18,21,27-28H,19-20,22H2,1-5H3/p+1/t27-,28-,40?/m0/s1. The zero-order valence-corrected chi connectivity index (χ0v) is 24.6. The molecule has 0 aliphatic rings. The summed E-state index contributed by atoms with van der Waals surface area (Å²) in [5.41, 5.74) is 3.27. The lowest BCUT2D eigenvalue weighted by atomic mass is 9.92. The lowest BCUT2D eigenvalue weighted by molar-refractivity contribution is -0.145. The lowest BCUT2D eigenvalue weighted by Crippen LogP contribution is -2.43. The second-order valence-electron chi connectivity index (χ2n) is 10.9. The fraction of sp³-hybridized carbons (Fsp3) is 0.333. The van der Waals surface area contributed by atoms with Gasteiger partial charge in [0.2, 0.25) is 0 Å². The number of ether oxygens (including phenoxy) is 1. The lowest BCUT2D eigenvalue weighted by Gasteiger charge is -2.24. The van der Waals surface area contributed by atoms with Gasteiger partial charge in [-0.2, -0.15) is 4.18 Å². The van der Waals surface area contributed by atoms with E-state index < -0.39 is 5.92 Å². The van der Waals surface area contributed by atoms with Crippen molar-refractivity contribution in [3.8, 4) is 11.3 Å². The number of benzene rings is 3. The summed E-state index contributed by atoms with van der Waals surface area (Å²) in [6, 6.07) is 26.6. The fourth-order valence-electron chi connectivity index (χ4n) is 4.38. The molecule has 1 N–H and O–H groups in total. The van der Waals surface area contributed by atoms with Crippen molar-refractivity contribution in [3.63, 3.8) is 0 Å². The average molecular weight is 561 g/mol. The normalized spacial score (nSPS) is 13.9. The van der Waals surface area contributed by atoms with E-state index in [0.29, 0.717) is 25.0 Å². The van der Waals surface area contributed by atoms with Gasteiger partial charge in [0, 0.05) is 16.5 Å². The second-order valence-corrected chi connectivity index (χ2v) is 13.3. The van der Waals surface area contributed by atoms with E-state index in [-0.39, 0.29) is 33.8 Å². The number of rotatable bonds is 11. The monoisotopic (exact) mass is 560 g/mol. The number of furan rings is 1. The van der Waals surface area contributed by atoms with Crippen molar-refractivity contribution < 1.29 is 22.9 Å². The Hall–Kier alpha value is -3.55. The minimum absolute atomic E-state index is 0.0349. The molecule has 1 amide bonds. The minimum Gasteiger partial charge on any atom is -0.469 e. The molecule has 40 heavy (non-hydrogen) atoms. The molecular formula is C33H38NO5S+. The molecule has 1 unspecified atom stereocenters. The highest BCUT2D eigenvalue weighted by Gasteiger charge is 2.34. The largest absolute Gasteiger partial charge is 0.469 e. The second kappa shape index (κ2) is 13.2. The number of carbonyl (C=O) groups is 2. The summed E-state index contributed by atoms with van der Waals surface area (Å²) in [5.74, 6) is -0.201. The number of carbonyl (C=O) groups excluding carboxylic acids is 2. The molecule has 0 spiro atoms. The Morgan fingerprint density at radius 3 is 2.27 bits per heavy atom. The molecular weight excluding hydrogens is 522 g/mol. The zero-order chi connectivity index (χ0) is 28.7. The van der Waals surface area contributed by atoms with Crippen LogP contribution >= 0.6 is 0 Å². The molecule has 3 atom stereocenters. The summed E-state index contributed by atoms with van der Waals surface area (Å²) in [7, 11) is 1.40. The van der Waals surface area contributed by atoms with Crippen molar-refractivity contribution in [1.82, 2.24) is 5.32 Å². The molecule has 7 heteroatoms. The van der Waals surface area contributed by atoms with Gasteiger partial charge in [-0.25, -0.2) is 0 Å². The van der Waals surface area contributed by atoms with E-state index in [1.807, 2.05) is 72.8 Å². The van der Waals surface area contributed by atoms with Crippen LogP contribution in [-0.2, 0) is 31.3 Å². The molecule has 0 fully saturated rings. The predicted octanol–water partition coefficient (Wildman–Crippen LogP) is 6.60. The molecule has 0 aliphatic carbocycles. The van der Waals surface area contributed by atoms with Gasteiger partial charge in [0.25, 0.3) is 5.91 Å². The minimum atomic E-state index is -0.426. The van der Waals surface area contributed by atoms with Gasteiger partial charge in [-0.1, -0.05) is 60.7 Å². The van der Waals surface area contributed by atoms with E-state index in [0.717, 1.165) is 27.9 Å². The fourth-order valence-corrected chi connectivity index (χ4v) is 5.10. The van der Waals surface area contributed by atoms with Crippen molar-refractivity contribution in [2.24, 2.45) is 5.92 Å². The highest BCUT2D eigenvalue weighted by Crippen LogP contribution is 2.28. The maximum Gasteiger partial charge on any atom is 0.309 e. The third-order valence-electron chi connectivity index (χ3n) is 6.93. The Labute approximate surface area is 239 Å². The van der Waals surface area contributed by atoms with Crippen molar-refractivity contribution in [3.05, 3.63) is 96.1 Å². The van der Waals surface area contributed by atoms with Crippen molar-refractivity contribution in [2.75, 3.05) is 20.0 Å². The topological polar surface area (TPSA) is 77.8 Å². The van der Waals surface area contributed by atoms with Crippen LogP contribution in [0.1, 0.15) is 43.1 Å². The number of esters is 1. The average Bonchev–Trinajstić information content (AvgIpc) is 3.39. The van der Waals surface area contributed by atoms with Gasteiger partial charge in [-0.15, -0.1) is 0 Å². The molecule has 1 aromatic heterocycles. The van der Waals surface area contributed by atoms with Crippen LogP contribution in [0.4, 0.5) is 0 Å². The number of para-hydroxylation sites is 1. The van der Waals surface area contributed by atoms with E-state index in [4.69, 9.17) is 13.3 Å². The van der Waals surface area contributed by atoms with E-state index in [1.54, 1.807) is 12.1 Å².